The maximum Gasteiger partial charge on any atom is 0.246 e. The van der Waals surface area contributed by atoms with E-state index in [0.717, 1.165) is 25.0 Å². The molecule has 0 radical (unpaired) electrons. The van der Waals surface area contributed by atoms with Crippen molar-refractivity contribution < 1.29 is 4.74 Å². The predicted octanol–water partition coefficient (Wildman–Crippen LogP) is 0.154. The number of nitrogens with two attached hydrogens (primary N) is 2. The molecule has 2 aromatic rings. The van der Waals surface area contributed by atoms with Gasteiger partial charge in [0, 0.05) is 12.6 Å². The van der Waals surface area contributed by atoms with E-state index in [4.69, 9.17) is 16.2 Å². The van der Waals surface area contributed by atoms with Crippen LogP contribution in [0.5, 0.6) is 5.88 Å². The normalized spacial score (nSPS) is 23.0. The van der Waals surface area contributed by atoms with Crippen LogP contribution in [0.25, 0.3) is 11.2 Å². The molecular weight excluding hydrogens is 232 g/mol. The molecule has 7 heteroatoms. The summed E-state index contributed by atoms with van der Waals surface area (Å²) in [6.07, 6.45) is 3.86. The Labute approximate surface area is 104 Å². The molecule has 1 fully saturated rings. The smallest absolute Gasteiger partial charge is 0.246 e. The first-order chi connectivity index (χ1) is 8.67. The van der Waals surface area contributed by atoms with Crippen LogP contribution in [-0.2, 0) is 6.54 Å². The molecule has 1 aliphatic rings. The molecule has 0 aromatic carbocycles. The minimum absolute atomic E-state index is 0.200. The van der Waals surface area contributed by atoms with E-state index in [-0.39, 0.29) is 5.95 Å². The van der Waals surface area contributed by atoms with Gasteiger partial charge in [0.1, 0.15) is 0 Å². The molecule has 7 nitrogen and oxygen atoms in total. The van der Waals surface area contributed by atoms with Crippen LogP contribution in [0, 0.1) is 5.92 Å². The first-order valence-electron chi connectivity index (χ1n) is 5.95. The minimum Gasteiger partial charge on any atom is -0.479 e. The Morgan fingerprint density at radius 2 is 2.22 bits per heavy atom. The van der Waals surface area contributed by atoms with Crippen LogP contribution in [0.4, 0.5) is 5.95 Å². The van der Waals surface area contributed by atoms with E-state index in [1.165, 1.54) is 0 Å². The summed E-state index contributed by atoms with van der Waals surface area (Å²) in [4.78, 5) is 12.5. The van der Waals surface area contributed by atoms with Gasteiger partial charge in [-0.2, -0.15) is 9.97 Å². The quantitative estimate of drug-likeness (QED) is 0.801. The number of aromatic nitrogens is 4. The van der Waals surface area contributed by atoms with Crippen LogP contribution in [0.3, 0.4) is 0 Å². The molecule has 0 bridgehead atoms. The lowest BCUT2D eigenvalue weighted by Gasteiger charge is -2.32. The van der Waals surface area contributed by atoms with E-state index in [9.17, 15) is 0 Å². The molecular formula is C11H16N6O. The van der Waals surface area contributed by atoms with Crippen LogP contribution in [0.2, 0.25) is 0 Å². The summed E-state index contributed by atoms with van der Waals surface area (Å²) in [6, 6.07) is 0.346. The van der Waals surface area contributed by atoms with Gasteiger partial charge in [-0.25, -0.2) is 4.98 Å². The summed E-state index contributed by atoms with van der Waals surface area (Å²) in [5, 5.41) is 0. The molecule has 2 aromatic heterocycles. The lowest BCUT2D eigenvalue weighted by molar-refractivity contribution is 0.236. The molecule has 0 unspecified atom stereocenters. The summed E-state index contributed by atoms with van der Waals surface area (Å²) < 4.78 is 7.15. The van der Waals surface area contributed by atoms with Crippen LogP contribution in [0.1, 0.15) is 12.8 Å². The van der Waals surface area contributed by atoms with Crippen LogP contribution in [-0.4, -0.2) is 32.7 Å². The monoisotopic (exact) mass is 248 g/mol. The number of hydrogen-bond donors (Lipinski definition) is 2. The van der Waals surface area contributed by atoms with Gasteiger partial charge in [0.05, 0.1) is 13.4 Å². The Balaban J connectivity index is 1.95. The number of nitrogens with zero attached hydrogens (tertiary/aromatic N) is 4. The number of nitrogen functional groups attached to an aromatic ring is 1. The van der Waals surface area contributed by atoms with E-state index in [1.807, 2.05) is 4.57 Å². The number of ether oxygens (including phenoxy) is 1. The SMILES string of the molecule is COc1nc(N)nc2c1ncn2CC1CC(N)C1. The fourth-order valence-electron chi connectivity index (χ4n) is 2.42. The molecule has 4 N–H and O–H groups in total. The second-order valence-electron chi connectivity index (χ2n) is 4.76. The molecule has 18 heavy (non-hydrogen) atoms. The van der Waals surface area contributed by atoms with E-state index in [2.05, 4.69) is 15.0 Å². The third-order valence-electron chi connectivity index (χ3n) is 3.37. The Hall–Kier alpha value is -1.89. The number of imidazole rings is 1. The molecule has 0 aliphatic heterocycles. The molecule has 0 spiro atoms. The molecule has 1 aliphatic carbocycles. The Morgan fingerprint density at radius 1 is 1.44 bits per heavy atom. The average Bonchev–Trinajstić information content (AvgIpc) is 2.69. The molecule has 0 atom stereocenters. The summed E-state index contributed by atoms with van der Waals surface area (Å²) >= 11 is 0. The number of anilines is 1. The largest absolute Gasteiger partial charge is 0.479 e. The molecule has 2 heterocycles. The second-order valence-corrected chi connectivity index (χ2v) is 4.76. The minimum atomic E-state index is 0.200. The number of rotatable bonds is 3. The van der Waals surface area contributed by atoms with Crippen molar-refractivity contribution in [3.8, 4) is 5.88 Å². The Morgan fingerprint density at radius 3 is 2.89 bits per heavy atom. The van der Waals surface area contributed by atoms with Gasteiger partial charge in [-0.15, -0.1) is 0 Å². The average molecular weight is 248 g/mol. The lowest BCUT2D eigenvalue weighted by Crippen LogP contribution is -2.38. The first-order valence-corrected chi connectivity index (χ1v) is 5.95. The maximum absolute atomic E-state index is 5.79. The molecule has 0 saturated heterocycles. The fourth-order valence-corrected chi connectivity index (χ4v) is 2.42. The first kappa shape index (κ1) is 11.2. The van der Waals surface area contributed by atoms with Crippen molar-refractivity contribution in [3.05, 3.63) is 6.33 Å². The van der Waals surface area contributed by atoms with Crippen molar-refractivity contribution in [2.75, 3.05) is 12.8 Å². The predicted molar refractivity (Wildman–Crippen MR) is 67.0 cm³/mol. The summed E-state index contributed by atoms with van der Waals surface area (Å²) in [7, 11) is 1.55. The van der Waals surface area contributed by atoms with Gasteiger partial charge in [-0.1, -0.05) is 0 Å². The van der Waals surface area contributed by atoms with E-state index < -0.39 is 0 Å². The lowest BCUT2D eigenvalue weighted by atomic mass is 9.81. The van der Waals surface area contributed by atoms with Crippen molar-refractivity contribution in [2.45, 2.75) is 25.4 Å². The zero-order chi connectivity index (χ0) is 12.7. The number of hydrogen-bond acceptors (Lipinski definition) is 6. The highest BCUT2D eigenvalue weighted by molar-refractivity contribution is 5.77. The van der Waals surface area contributed by atoms with Gasteiger partial charge in [0.15, 0.2) is 11.2 Å². The van der Waals surface area contributed by atoms with Crippen molar-refractivity contribution in [1.29, 1.82) is 0 Å². The van der Waals surface area contributed by atoms with Gasteiger partial charge >= 0.3 is 0 Å². The van der Waals surface area contributed by atoms with Crippen molar-refractivity contribution in [3.63, 3.8) is 0 Å². The number of methoxy groups -OCH3 is 1. The van der Waals surface area contributed by atoms with Gasteiger partial charge in [0.2, 0.25) is 11.8 Å². The van der Waals surface area contributed by atoms with Gasteiger partial charge in [-0.05, 0) is 18.8 Å². The van der Waals surface area contributed by atoms with Gasteiger partial charge in [0.25, 0.3) is 0 Å². The second kappa shape index (κ2) is 4.09. The zero-order valence-corrected chi connectivity index (χ0v) is 10.2. The van der Waals surface area contributed by atoms with Gasteiger partial charge < -0.3 is 20.8 Å². The highest BCUT2D eigenvalue weighted by Gasteiger charge is 2.27. The van der Waals surface area contributed by atoms with Crippen LogP contribution < -0.4 is 16.2 Å². The summed E-state index contributed by atoms with van der Waals surface area (Å²) in [6.45, 7) is 0.865. The fraction of sp³-hybridized carbons (Fsp3) is 0.545. The van der Waals surface area contributed by atoms with E-state index >= 15 is 0 Å². The molecule has 1 saturated carbocycles. The van der Waals surface area contributed by atoms with Crippen molar-refractivity contribution >= 4 is 17.1 Å². The Bertz CT molecular complexity index is 574. The Kier molecular flexibility index (Phi) is 2.55. The van der Waals surface area contributed by atoms with Crippen molar-refractivity contribution in [2.24, 2.45) is 11.7 Å². The topological polar surface area (TPSA) is 105 Å². The molecule has 0 amide bonds. The van der Waals surface area contributed by atoms with Crippen LogP contribution >= 0.6 is 0 Å². The molecule has 3 rings (SSSR count). The highest BCUT2D eigenvalue weighted by Crippen LogP contribution is 2.29. The van der Waals surface area contributed by atoms with E-state index in [0.29, 0.717) is 23.4 Å². The van der Waals surface area contributed by atoms with Crippen molar-refractivity contribution in [1.82, 2.24) is 19.5 Å². The van der Waals surface area contributed by atoms with E-state index in [1.54, 1.807) is 13.4 Å². The zero-order valence-electron chi connectivity index (χ0n) is 10.2. The summed E-state index contributed by atoms with van der Waals surface area (Å²) in [5.41, 5.74) is 12.8. The highest BCUT2D eigenvalue weighted by atomic mass is 16.5. The maximum atomic E-state index is 5.79. The third kappa shape index (κ3) is 1.76. The van der Waals surface area contributed by atoms with Gasteiger partial charge in [-0.3, -0.25) is 0 Å². The third-order valence-corrected chi connectivity index (χ3v) is 3.37. The summed E-state index contributed by atoms with van der Waals surface area (Å²) in [5.74, 6) is 1.22. The standard InChI is InChI=1S/C11H16N6O/c1-18-10-8-9(15-11(13)16-10)17(5-14-8)4-6-2-7(12)3-6/h5-7H,2-4,12H2,1H3,(H2,13,15,16). The van der Waals surface area contributed by atoms with Crippen LogP contribution in [0.15, 0.2) is 6.33 Å². The molecule has 96 valence electrons. The number of fused-ring (bicyclic) bond motifs is 1.